The van der Waals surface area contributed by atoms with Crippen molar-refractivity contribution >= 4 is 28.9 Å². The van der Waals surface area contributed by atoms with Gasteiger partial charge in [0.05, 0.1) is 18.1 Å². The number of aliphatic hydroxyl groups excluding tert-OH is 1. The maximum Gasteiger partial charge on any atom is 0.292 e. The van der Waals surface area contributed by atoms with Gasteiger partial charge >= 0.3 is 0 Å². The minimum atomic E-state index is -0.622. The van der Waals surface area contributed by atoms with Gasteiger partial charge in [0.2, 0.25) is 0 Å². The van der Waals surface area contributed by atoms with Gasteiger partial charge in [-0.15, -0.1) is 0 Å². The van der Waals surface area contributed by atoms with Gasteiger partial charge in [-0.3, -0.25) is 29.5 Å². The Hall–Kier alpha value is -3.76. The number of hydrogen-bond donors (Lipinski definition) is 2. The van der Waals surface area contributed by atoms with E-state index in [-0.39, 0.29) is 30.2 Å². The van der Waals surface area contributed by atoms with Crippen molar-refractivity contribution in [3.8, 4) is 0 Å². The van der Waals surface area contributed by atoms with Gasteiger partial charge in [-0.05, 0) is 17.7 Å². The largest absolute Gasteiger partial charge is 0.395 e. The molecule has 2 aromatic carbocycles. The lowest BCUT2D eigenvalue weighted by molar-refractivity contribution is -0.383. The summed E-state index contributed by atoms with van der Waals surface area (Å²) in [6, 6.07) is 15.0. The third-order valence-electron chi connectivity index (χ3n) is 5.77. The van der Waals surface area contributed by atoms with E-state index in [2.05, 4.69) is 27.2 Å². The standard InChI is InChI=1S/C23H25N5O5/c29-13-12-27-22(30)15-20(23(27)31)24-19-14-18(6-7-21(19)28(32)33)26-10-8-25(9-11-26)16-17-4-2-1-3-5-17/h1-7,14-15,24,29H,8-13,16H2. The highest BCUT2D eigenvalue weighted by Gasteiger charge is 2.32. The summed E-state index contributed by atoms with van der Waals surface area (Å²) in [6.45, 7) is 3.60. The maximum atomic E-state index is 12.4. The molecular formula is C23H25N5O5. The minimum Gasteiger partial charge on any atom is -0.395 e. The summed E-state index contributed by atoms with van der Waals surface area (Å²) in [4.78, 5) is 40.9. The zero-order valence-corrected chi connectivity index (χ0v) is 18.0. The molecule has 33 heavy (non-hydrogen) atoms. The van der Waals surface area contributed by atoms with Gasteiger partial charge in [-0.2, -0.15) is 0 Å². The molecule has 2 N–H and O–H groups in total. The fraction of sp³-hybridized carbons (Fsp3) is 0.304. The first-order chi connectivity index (χ1) is 16.0. The number of hydrogen-bond acceptors (Lipinski definition) is 8. The summed E-state index contributed by atoms with van der Waals surface area (Å²) in [6.07, 6.45) is 1.09. The monoisotopic (exact) mass is 451 g/mol. The molecule has 0 aromatic heterocycles. The van der Waals surface area contributed by atoms with E-state index in [1.807, 2.05) is 18.2 Å². The zero-order valence-electron chi connectivity index (χ0n) is 18.0. The van der Waals surface area contributed by atoms with Gasteiger partial charge in [0, 0.05) is 50.6 Å². The molecule has 0 radical (unpaired) electrons. The Labute approximate surface area is 190 Å². The smallest absolute Gasteiger partial charge is 0.292 e. The van der Waals surface area contributed by atoms with E-state index in [9.17, 15) is 19.7 Å². The lowest BCUT2D eigenvalue weighted by atomic mass is 10.1. The lowest BCUT2D eigenvalue weighted by Gasteiger charge is -2.36. The molecule has 2 heterocycles. The highest BCUT2D eigenvalue weighted by Crippen LogP contribution is 2.32. The molecule has 2 aliphatic rings. The molecule has 0 bridgehead atoms. The van der Waals surface area contributed by atoms with E-state index in [1.54, 1.807) is 12.1 Å². The Bertz CT molecular complexity index is 1080. The summed E-state index contributed by atoms with van der Waals surface area (Å²) in [7, 11) is 0. The van der Waals surface area contributed by atoms with Crippen LogP contribution in [0.25, 0.3) is 0 Å². The third kappa shape index (κ3) is 5.02. The van der Waals surface area contributed by atoms with Crippen molar-refractivity contribution in [2.75, 3.05) is 49.5 Å². The number of β-amino-alcohol motifs (C(OH)–C–C–N with tert-alkyl or cyclic N) is 1. The summed E-state index contributed by atoms with van der Waals surface area (Å²) in [5.74, 6) is -1.19. The van der Waals surface area contributed by atoms with Crippen LogP contribution >= 0.6 is 0 Å². The van der Waals surface area contributed by atoms with Crippen molar-refractivity contribution in [2.24, 2.45) is 0 Å². The number of carbonyl (C=O) groups is 2. The molecule has 2 aromatic rings. The first-order valence-electron chi connectivity index (χ1n) is 10.7. The number of aliphatic hydroxyl groups is 1. The Kier molecular flexibility index (Phi) is 6.66. The summed E-state index contributed by atoms with van der Waals surface area (Å²) in [5, 5.41) is 23.4. The molecule has 172 valence electrons. The molecule has 4 rings (SSSR count). The number of nitro groups is 1. The van der Waals surface area contributed by atoms with Crippen LogP contribution in [0, 0.1) is 10.1 Å². The topological polar surface area (TPSA) is 119 Å². The van der Waals surface area contributed by atoms with Crippen LogP contribution in [0.3, 0.4) is 0 Å². The van der Waals surface area contributed by atoms with Crippen molar-refractivity contribution in [1.82, 2.24) is 9.80 Å². The van der Waals surface area contributed by atoms with Crippen LogP contribution in [0.15, 0.2) is 60.3 Å². The second kappa shape index (κ2) is 9.80. The maximum absolute atomic E-state index is 12.4. The summed E-state index contributed by atoms with van der Waals surface area (Å²) in [5.41, 5.74) is 1.95. The molecule has 2 amide bonds. The molecule has 0 aliphatic carbocycles. The molecule has 2 aliphatic heterocycles. The summed E-state index contributed by atoms with van der Waals surface area (Å²) < 4.78 is 0. The van der Waals surface area contributed by atoms with Crippen LogP contribution in [0.5, 0.6) is 0 Å². The first-order valence-corrected chi connectivity index (χ1v) is 10.7. The average Bonchev–Trinajstić information content (AvgIpc) is 3.08. The molecule has 0 unspecified atom stereocenters. The van der Waals surface area contributed by atoms with Gasteiger partial charge in [-0.1, -0.05) is 30.3 Å². The third-order valence-corrected chi connectivity index (χ3v) is 5.77. The molecule has 0 saturated carbocycles. The quantitative estimate of drug-likeness (QED) is 0.353. The fourth-order valence-corrected chi connectivity index (χ4v) is 4.04. The van der Waals surface area contributed by atoms with E-state index in [4.69, 9.17) is 5.11 Å². The van der Waals surface area contributed by atoms with Crippen LogP contribution in [0.1, 0.15) is 5.56 Å². The first kappa shape index (κ1) is 22.4. The van der Waals surface area contributed by atoms with Crippen molar-refractivity contribution in [3.05, 3.63) is 76.0 Å². The number of benzene rings is 2. The van der Waals surface area contributed by atoms with Crippen molar-refractivity contribution < 1.29 is 19.6 Å². The number of nitrogens with one attached hydrogen (secondary N) is 1. The van der Waals surface area contributed by atoms with E-state index in [1.165, 1.54) is 11.6 Å². The number of nitrogens with zero attached hydrogens (tertiary/aromatic N) is 4. The SMILES string of the molecule is O=C1C=C(Nc2cc(N3CCN(Cc4ccccc4)CC3)ccc2[N+](=O)[O-])C(=O)N1CCO. The van der Waals surface area contributed by atoms with Crippen molar-refractivity contribution in [3.63, 3.8) is 0 Å². The molecule has 0 spiro atoms. The Morgan fingerprint density at radius 1 is 1.03 bits per heavy atom. The number of imide groups is 1. The predicted molar refractivity (Wildman–Crippen MR) is 123 cm³/mol. The molecule has 10 nitrogen and oxygen atoms in total. The number of piperazine rings is 1. The molecule has 1 saturated heterocycles. The van der Waals surface area contributed by atoms with E-state index < -0.39 is 16.7 Å². The second-order valence-electron chi connectivity index (χ2n) is 7.91. The number of rotatable bonds is 8. The van der Waals surface area contributed by atoms with Gasteiger partial charge in [-0.25, -0.2) is 0 Å². The molecular weight excluding hydrogens is 426 g/mol. The van der Waals surface area contributed by atoms with Crippen LogP contribution in [-0.4, -0.2) is 71.0 Å². The number of anilines is 2. The van der Waals surface area contributed by atoms with Gasteiger partial charge in [0.15, 0.2) is 0 Å². The fourth-order valence-electron chi connectivity index (χ4n) is 4.04. The van der Waals surface area contributed by atoms with Crippen LogP contribution < -0.4 is 10.2 Å². The van der Waals surface area contributed by atoms with Crippen LogP contribution in [-0.2, 0) is 16.1 Å². The second-order valence-corrected chi connectivity index (χ2v) is 7.91. The highest BCUT2D eigenvalue weighted by atomic mass is 16.6. The lowest BCUT2D eigenvalue weighted by Crippen LogP contribution is -2.46. The van der Waals surface area contributed by atoms with Crippen molar-refractivity contribution in [2.45, 2.75) is 6.54 Å². The van der Waals surface area contributed by atoms with Gasteiger partial charge < -0.3 is 15.3 Å². The molecule has 1 fully saturated rings. The van der Waals surface area contributed by atoms with E-state index in [0.717, 1.165) is 49.4 Å². The van der Waals surface area contributed by atoms with Gasteiger partial charge in [0.1, 0.15) is 11.4 Å². The Morgan fingerprint density at radius 2 is 1.76 bits per heavy atom. The minimum absolute atomic E-state index is 0.0543. The normalized spacial score (nSPS) is 16.8. The molecule has 10 heteroatoms. The zero-order chi connectivity index (χ0) is 23.4. The summed E-state index contributed by atoms with van der Waals surface area (Å²) >= 11 is 0. The number of nitro benzene ring substituents is 1. The number of amides is 2. The van der Waals surface area contributed by atoms with E-state index >= 15 is 0 Å². The van der Waals surface area contributed by atoms with Crippen molar-refractivity contribution in [1.29, 1.82) is 0 Å². The predicted octanol–water partition coefficient (Wildman–Crippen LogP) is 1.57. The Morgan fingerprint density at radius 3 is 2.42 bits per heavy atom. The number of carbonyl (C=O) groups excluding carboxylic acids is 2. The highest BCUT2D eigenvalue weighted by molar-refractivity contribution is 6.17. The van der Waals surface area contributed by atoms with Crippen LogP contribution in [0.4, 0.5) is 17.1 Å². The molecule has 0 atom stereocenters. The Balaban J connectivity index is 1.47. The van der Waals surface area contributed by atoms with Gasteiger partial charge in [0.25, 0.3) is 17.5 Å². The van der Waals surface area contributed by atoms with E-state index in [0.29, 0.717) is 0 Å². The average molecular weight is 451 g/mol. The van der Waals surface area contributed by atoms with Crippen LogP contribution in [0.2, 0.25) is 0 Å².